The fourth-order valence-corrected chi connectivity index (χ4v) is 4.97. The van der Waals surface area contributed by atoms with E-state index in [1.807, 2.05) is 28.9 Å². The molecule has 3 nitrogen and oxygen atoms in total. The Morgan fingerprint density at radius 1 is 1.26 bits per heavy atom. The van der Waals surface area contributed by atoms with Crippen molar-refractivity contribution in [2.75, 3.05) is 13.1 Å². The van der Waals surface area contributed by atoms with Crippen LogP contribution in [-0.4, -0.2) is 22.6 Å². The molecule has 4 heterocycles. The van der Waals surface area contributed by atoms with Crippen LogP contribution in [0.5, 0.6) is 0 Å². The van der Waals surface area contributed by atoms with Crippen LogP contribution in [0.4, 0.5) is 0 Å². The van der Waals surface area contributed by atoms with E-state index in [4.69, 9.17) is 0 Å². The molecule has 0 radical (unpaired) electrons. The van der Waals surface area contributed by atoms with Gasteiger partial charge in [0, 0.05) is 48.7 Å². The van der Waals surface area contributed by atoms with Gasteiger partial charge >= 0.3 is 0 Å². The van der Waals surface area contributed by atoms with Crippen LogP contribution in [0, 0.1) is 5.92 Å². The molecule has 0 aromatic carbocycles. The molecule has 2 bridgehead atoms. The van der Waals surface area contributed by atoms with Gasteiger partial charge in [0.1, 0.15) is 0 Å². The second kappa shape index (κ2) is 6.10. The number of pyridine rings is 1. The Labute approximate surface area is 140 Å². The van der Waals surface area contributed by atoms with Crippen molar-refractivity contribution in [2.24, 2.45) is 5.92 Å². The van der Waals surface area contributed by atoms with Crippen molar-refractivity contribution in [1.29, 1.82) is 0 Å². The lowest BCUT2D eigenvalue weighted by molar-refractivity contribution is 0.115. The standard InChI is InChI=1S/C19H22N2OS/c1-2-4-15-6-7-18(22)21-11-14-9-16(19(15)21)12-20(10-14)13-17-5-3-8-23-17/h2-8,14,16H,9-13H2,1H3/b4-2+/t14-,16+/m0/s1. The molecule has 23 heavy (non-hydrogen) atoms. The number of likely N-dealkylation sites (tertiary alicyclic amines) is 1. The maximum absolute atomic E-state index is 12.3. The van der Waals surface area contributed by atoms with Crippen molar-refractivity contribution >= 4 is 17.4 Å². The van der Waals surface area contributed by atoms with Gasteiger partial charge in [0.15, 0.2) is 0 Å². The van der Waals surface area contributed by atoms with Gasteiger partial charge in [-0.2, -0.15) is 0 Å². The summed E-state index contributed by atoms with van der Waals surface area (Å²) in [6.45, 7) is 6.12. The molecule has 1 fully saturated rings. The van der Waals surface area contributed by atoms with Gasteiger partial charge in [-0.15, -0.1) is 11.3 Å². The second-order valence-electron chi connectivity index (χ2n) is 6.69. The number of thiophene rings is 1. The van der Waals surface area contributed by atoms with E-state index in [2.05, 4.69) is 34.6 Å². The molecule has 120 valence electrons. The van der Waals surface area contributed by atoms with Crippen molar-refractivity contribution in [3.63, 3.8) is 0 Å². The molecule has 2 aromatic rings. The zero-order chi connectivity index (χ0) is 15.8. The van der Waals surface area contributed by atoms with Crippen molar-refractivity contribution in [3.8, 4) is 0 Å². The SMILES string of the molecule is C/C=C/c1ccc(=O)n2c1[C@@H]1C[C@@H](CN(Cc3cccs3)C1)C2. The maximum Gasteiger partial charge on any atom is 0.250 e. The summed E-state index contributed by atoms with van der Waals surface area (Å²) in [5.74, 6) is 1.07. The fraction of sp³-hybridized carbons (Fsp3) is 0.421. The lowest BCUT2D eigenvalue weighted by Gasteiger charge is -2.43. The van der Waals surface area contributed by atoms with Crippen molar-refractivity contribution in [1.82, 2.24) is 9.47 Å². The summed E-state index contributed by atoms with van der Waals surface area (Å²) in [5.41, 5.74) is 2.63. The molecule has 4 rings (SSSR count). The highest BCUT2D eigenvalue weighted by Gasteiger charge is 2.35. The van der Waals surface area contributed by atoms with E-state index in [0.29, 0.717) is 11.8 Å². The third-order valence-electron chi connectivity index (χ3n) is 5.00. The van der Waals surface area contributed by atoms with Crippen LogP contribution >= 0.6 is 11.3 Å². The molecule has 2 aliphatic heterocycles. The normalized spacial score (nSPS) is 24.0. The first kappa shape index (κ1) is 14.9. The summed E-state index contributed by atoms with van der Waals surface area (Å²) >= 11 is 1.84. The summed E-state index contributed by atoms with van der Waals surface area (Å²) in [4.78, 5) is 16.3. The predicted octanol–water partition coefficient (Wildman–Crippen LogP) is 3.56. The molecule has 2 aliphatic rings. The summed E-state index contributed by atoms with van der Waals surface area (Å²) in [6, 6.07) is 8.07. The van der Waals surface area contributed by atoms with Gasteiger partial charge in [-0.05, 0) is 42.3 Å². The number of piperidine rings is 1. The molecule has 4 heteroatoms. The summed E-state index contributed by atoms with van der Waals surface area (Å²) in [6.07, 6.45) is 5.43. The van der Waals surface area contributed by atoms with E-state index in [0.717, 1.165) is 26.2 Å². The minimum Gasteiger partial charge on any atom is -0.311 e. The molecule has 2 aromatic heterocycles. The molecule has 0 spiro atoms. The topological polar surface area (TPSA) is 25.2 Å². The third-order valence-corrected chi connectivity index (χ3v) is 5.87. The van der Waals surface area contributed by atoms with Gasteiger partial charge in [0.05, 0.1) is 0 Å². The Balaban J connectivity index is 1.67. The number of allylic oxidation sites excluding steroid dienone is 1. The minimum atomic E-state index is 0.162. The number of aromatic nitrogens is 1. The third kappa shape index (κ3) is 2.81. The number of fused-ring (bicyclic) bond motifs is 4. The highest BCUT2D eigenvalue weighted by Crippen LogP contribution is 2.37. The van der Waals surface area contributed by atoms with E-state index in [9.17, 15) is 4.79 Å². The van der Waals surface area contributed by atoms with E-state index >= 15 is 0 Å². The van der Waals surface area contributed by atoms with Gasteiger partial charge in [-0.1, -0.05) is 18.2 Å². The Morgan fingerprint density at radius 2 is 2.17 bits per heavy atom. The number of nitrogens with zero attached hydrogens (tertiary/aromatic N) is 2. The second-order valence-corrected chi connectivity index (χ2v) is 7.73. The van der Waals surface area contributed by atoms with Gasteiger partial charge < -0.3 is 4.57 Å². The van der Waals surface area contributed by atoms with Crippen molar-refractivity contribution < 1.29 is 0 Å². The van der Waals surface area contributed by atoms with Gasteiger partial charge in [0.2, 0.25) is 0 Å². The van der Waals surface area contributed by atoms with Crippen LogP contribution < -0.4 is 5.56 Å². The van der Waals surface area contributed by atoms with Gasteiger partial charge in [-0.25, -0.2) is 0 Å². The van der Waals surface area contributed by atoms with Crippen LogP contribution in [-0.2, 0) is 13.1 Å². The summed E-state index contributed by atoms with van der Waals surface area (Å²) in [5, 5.41) is 2.15. The first-order valence-electron chi connectivity index (χ1n) is 8.35. The quantitative estimate of drug-likeness (QED) is 0.862. The smallest absolute Gasteiger partial charge is 0.250 e. The predicted molar refractivity (Wildman–Crippen MR) is 95.9 cm³/mol. The molecule has 2 atom stereocenters. The Morgan fingerprint density at radius 3 is 2.96 bits per heavy atom. The molecular weight excluding hydrogens is 304 g/mol. The van der Waals surface area contributed by atoms with Gasteiger partial charge in [0.25, 0.3) is 5.56 Å². The van der Waals surface area contributed by atoms with E-state index in [1.54, 1.807) is 6.07 Å². The molecule has 1 saturated heterocycles. The first-order valence-corrected chi connectivity index (χ1v) is 9.23. The number of hydrogen-bond acceptors (Lipinski definition) is 3. The van der Waals surface area contributed by atoms with E-state index in [-0.39, 0.29) is 5.56 Å². The lowest BCUT2D eigenvalue weighted by Crippen LogP contribution is -2.47. The van der Waals surface area contributed by atoms with Crippen LogP contribution in [0.3, 0.4) is 0 Å². The van der Waals surface area contributed by atoms with Crippen LogP contribution in [0.1, 0.15) is 35.4 Å². The Hall–Kier alpha value is -1.65. The number of rotatable bonds is 3. The Kier molecular flexibility index (Phi) is 3.95. The maximum atomic E-state index is 12.3. The average Bonchev–Trinajstić information content (AvgIpc) is 3.03. The Bertz CT molecular complexity index is 775. The average molecular weight is 326 g/mol. The summed E-state index contributed by atoms with van der Waals surface area (Å²) in [7, 11) is 0. The van der Waals surface area contributed by atoms with Crippen molar-refractivity contribution in [3.05, 3.63) is 62.2 Å². The molecular formula is C19H22N2OS. The minimum absolute atomic E-state index is 0.162. The van der Waals surface area contributed by atoms with E-state index in [1.165, 1.54) is 22.6 Å². The lowest BCUT2D eigenvalue weighted by atomic mass is 9.81. The fourth-order valence-electron chi connectivity index (χ4n) is 4.22. The molecule has 0 amide bonds. The van der Waals surface area contributed by atoms with Gasteiger partial charge in [-0.3, -0.25) is 9.69 Å². The van der Waals surface area contributed by atoms with Crippen LogP contribution in [0.15, 0.2) is 40.5 Å². The van der Waals surface area contributed by atoms with Crippen LogP contribution in [0.2, 0.25) is 0 Å². The monoisotopic (exact) mass is 326 g/mol. The van der Waals surface area contributed by atoms with Crippen LogP contribution in [0.25, 0.3) is 6.08 Å². The molecule has 0 saturated carbocycles. The van der Waals surface area contributed by atoms with Crippen molar-refractivity contribution in [2.45, 2.75) is 32.4 Å². The molecule has 0 unspecified atom stereocenters. The molecule has 0 N–H and O–H groups in total. The largest absolute Gasteiger partial charge is 0.311 e. The van der Waals surface area contributed by atoms with E-state index < -0.39 is 0 Å². The summed E-state index contributed by atoms with van der Waals surface area (Å²) < 4.78 is 2.04. The zero-order valence-electron chi connectivity index (χ0n) is 13.4. The zero-order valence-corrected chi connectivity index (χ0v) is 14.3. The number of hydrogen-bond donors (Lipinski definition) is 0. The highest BCUT2D eigenvalue weighted by molar-refractivity contribution is 7.09. The first-order chi connectivity index (χ1) is 11.2. The highest BCUT2D eigenvalue weighted by atomic mass is 32.1. The molecule has 0 aliphatic carbocycles.